The normalized spacial score (nSPS) is 26.9. The van der Waals surface area contributed by atoms with Crippen LogP contribution < -0.4 is 5.32 Å². The van der Waals surface area contributed by atoms with E-state index in [1.165, 1.54) is 40.7 Å². The molecule has 3 rings (SSSR count). The van der Waals surface area contributed by atoms with Crippen molar-refractivity contribution in [3.63, 3.8) is 0 Å². The summed E-state index contributed by atoms with van der Waals surface area (Å²) in [7, 11) is 0. The van der Waals surface area contributed by atoms with E-state index in [0.29, 0.717) is 12.1 Å². The predicted octanol–water partition coefficient (Wildman–Crippen LogP) is 3.80. The lowest BCUT2D eigenvalue weighted by molar-refractivity contribution is -0.0940. The van der Waals surface area contributed by atoms with Crippen molar-refractivity contribution in [3.05, 3.63) is 16.1 Å². The third kappa shape index (κ3) is 3.81. The zero-order chi connectivity index (χ0) is 14.7. The first-order valence-electron chi connectivity index (χ1n) is 8.13. The highest BCUT2D eigenvalue weighted by Crippen LogP contribution is 2.38. The molecule has 1 N–H and O–H groups in total. The largest absolute Gasteiger partial charge is 0.375 e. The number of hydrogen-bond acceptors (Lipinski definition) is 5. The van der Waals surface area contributed by atoms with Crippen molar-refractivity contribution in [2.75, 3.05) is 18.1 Å². The quantitative estimate of drug-likeness (QED) is 0.912. The molecule has 0 aliphatic carbocycles. The minimum Gasteiger partial charge on any atom is -0.375 e. The average Bonchev–Trinajstić information content (AvgIpc) is 2.97. The molecule has 1 aromatic heterocycles. The van der Waals surface area contributed by atoms with Crippen LogP contribution in [0.5, 0.6) is 0 Å². The molecule has 2 aliphatic heterocycles. The van der Waals surface area contributed by atoms with Crippen molar-refractivity contribution >= 4 is 23.1 Å². The number of ether oxygens (including phenoxy) is 1. The molecule has 21 heavy (non-hydrogen) atoms. The van der Waals surface area contributed by atoms with Gasteiger partial charge in [-0.15, -0.1) is 11.3 Å². The van der Waals surface area contributed by atoms with Gasteiger partial charge in [0.1, 0.15) is 5.01 Å². The van der Waals surface area contributed by atoms with E-state index in [2.05, 4.69) is 35.9 Å². The Bertz CT molecular complexity index is 451. The zero-order valence-corrected chi connectivity index (χ0v) is 14.7. The number of nitrogens with one attached hydrogen (secondary N) is 1. The van der Waals surface area contributed by atoms with Crippen LogP contribution in [0.25, 0.3) is 0 Å². The Hall–Kier alpha value is -0.100. The Balaban J connectivity index is 1.58. The minimum absolute atomic E-state index is 0.165. The maximum atomic E-state index is 6.18. The fraction of sp³-hybridized carbons (Fsp3) is 0.812. The van der Waals surface area contributed by atoms with Crippen molar-refractivity contribution in [1.29, 1.82) is 0 Å². The van der Waals surface area contributed by atoms with E-state index in [4.69, 9.17) is 4.74 Å². The summed E-state index contributed by atoms with van der Waals surface area (Å²) in [6.45, 7) is 5.35. The van der Waals surface area contributed by atoms with Gasteiger partial charge in [0.05, 0.1) is 11.6 Å². The Kier molecular flexibility index (Phi) is 5.25. The molecule has 2 fully saturated rings. The van der Waals surface area contributed by atoms with E-state index in [9.17, 15) is 0 Å². The molecular weight excluding hydrogens is 300 g/mol. The van der Waals surface area contributed by atoms with Crippen LogP contribution in [0.3, 0.4) is 0 Å². The SMILES string of the molecule is CCc1cnc(C(C)NC2CCOC3(CCSCC3)C2)s1. The topological polar surface area (TPSA) is 34.2 Å². The molecule has 3 heterocycles. The number of rotatable bonds is 4. The standard InChI is InChI=1S/C16H26N2OS2/c1-3-14-11-17-15(21-14)12(2)18-13-4-7-19-16(10-13)5-8-20-9-6-16/h11-13,18H,3-10H2,1-2H3. The molecule has 2 saturated heterocycles. The van der Waals surface area contributed by atoms with Crippen LogP contribution in [-0.4, -0.2) is 34.7 Å². The van der Waals surface area contributed by atoms with E-state index < -0.39 is 0 Å². The second kappa shape index (κ2) is 6.99. The number of nitrogens with zero attached hydrogens (tertiary/aromatic N) is 1. The molecule has 3 nitrogen and oxygen atoms in total. The van der Waals surface area contributed by atoms with E-state index >= 15 is 0 Å². The fourth-order valence-corrected chi connectivity index (χ4v) is 5.48. The van der Waals surface area contributed by atoms with E-state index in [0.717, 1.165) is 19.4 Å². The summed E-state index contributed by atoms with van der Waals surface area (Å²) in [5, 5.41) is 5.03. The lowest BCUT2D eigenvalue weighted by Gasteiger charge is -2.44. The average molecular weight is 327 g/mol. The van der Waals surface area contributed by atoms with Crippen molar-refractivity contribution in [2.45, 2.75) is 63.6 Å². The number of aryl methyl sites for hydroxylation is 1. The van der Waals surface area contributed by atoms with Gasteiger partial charge < -0.3 is 10.1 Å². The highest BCUT2D eigenvalue weighted by Gasteiger charge is 2.39. The molecule has 118 valence electrons. The molecule has 1 aromatic rings. The first-order valence-corrected chi connectivity index (χ1v) is 10.1. The Morgan fingerprint density at radius 1 is 1.48 bits per heavy atom. The monoisotopic (exact) mass is 326 g/mol. The third-order valence-corrected chi connectivity index (χ3v) is 6.98. The van der Waals surface area contributed by atoms with Crippen LogP contribution in [0.2, 0.25) is 0 Å². The molecule has 1 spiro atoms. The van der Waals surface area contributed by atoms with Gasteiger partial charge in [0, 0.05) is 23.7 Å². The van der Waals surface area contributed by atoms with Crippen LogP contribution in [-0.2, 0) is 11.2 Å². The second-order valence-electron chi connectivity index (χ2n) is 6.24. The van der Waals surface area contributed by atoms with Crippen LogP contribution in [0.15, 0.2) is 6.20 Å². The predicted molar refractivity (Wildman–Crippen MR) is 91.3 cm³/mol. The first-order chi connectivity index (χ1) is 10.2. The molecule has 0 radical (unpaired) electrons. The van der Waals surface area contributed by atoms with Gasteiger partial charge in [-0.2, -0.15) is 11.8 Å². The maximum Gasteiger partial charge on any atom is 0.109 e. The summed E-state index contributed by atoms with van der Waals surface area (Å²) >= 11 is 3.92. The Morgan fingerprint density at radius 3 is 3.00 bits per heavy atom. The Morgan fingerprint density at radius 2 is 2.29 bits per heavy atom. The third-order valence-electron chi connectivity index (χ3n) is 4.67. The van der Waals surface area contributed by atoms with Crippen LogP contribution in [0.1, 0.15) is 55.5 Å². The van der Waals surface area contributed by atoms with Crippen molar-refractivity contribution < 1.29 is 4.74 Å². The van der Waals surface area contributed by atoms with Gasteiger partial charge in [0.15, 0.2) is 0 Å². The van der Waals surface area contributed by atoms with Gasteiger partial charge in [-0.25, -0.2) is 4.98 Å². The number of thiazole rings is 1. The summed E-state index contributed by atoms with van der Waals surface area (Å²) in [6.07, 6.45) is 7.86. The summed E-state index contributed by atoms with van der Waals surface area (Å²) in [5.41, 5.74) is 0.165. The van der Waals surface area contributed by atoms with Crippen molar-refractivity contribution in [3.8, 4) is 0 Å². The highest BCUT2D eigenvalue weighted by atomic mass is 32.2. The summed E-state index contributed by atoms with van der Waals surface area (Å²) in [5.74, 6) is 2.52. The first kappa shape index (κ1) is 15.8. The van der Waals surface area contributed by atoms with Gasteiger partial charge in [0.25, 0.3) is 0 Å². The van der Waals surface area contributed by atoms with Gasteiger partial charge in [0.2, 0.25) is 0 Å². The van der Waals surface area contributed by atoms with E-state index in [-0.39, 0.29) is 5.60 Å². The van der Waals surface area contributed by atoms with Crippen LogP contribution in [0, 0.1) is 0 Å². The molecule has 2 unspecified atom stereocenters. The van der Waals surface area contributed by atoms with Gasteiger partial charge in [-0.05, 0) is 50.5 Å². The molecular formula is C16H26N2OS2. The Labute approximate surface area is 136 Å². The molecule has 2 aliphatic rings. The van der Waals surface area contributed by atoms with Crippen LogP contribution in [0.4, 0.5) is 0 Å². The van der Waals surface area contributed by atoms with Crippen LogP contribution >= 0.6 is 23.1 Å². The van der Waals surface area contributed by atoms with Crippen molar-refractivity contribution in [1.82, 2.24) is 10.3 Å². The fourth-order valence-electron chi connectivity index (χ4n) is 3.37. The molecule has 2 atom stereocenters. The molecule has 5 heteroatoms. The highest BCUT2D eigenvalue weighted by molar-refractivity contribution is 7.99. The summed E-state index contributed by atoms with van der Waals surface area (Å²) in [4.78, 5) is 5.96. The number of thioether (sulfide) groups is 1. The minimum atomic E-state index is 0.165. The molecule has 0 aromatic carbocycles. The number of aromatic nitrogens is 1. The zero-order valence-electron chi connectivity index (χ0n) is 13.1. The molecule has 0 bridgehead atoms. The lowest BCUT2D eigenvalue weighted by atomic mass is 9.85. The van der Waals surface area contributed by atoms with Gasteiger partial charge in [-0.1, -0.05) is 6.92 Å². The van der Waals surface area contributed by atoms with Crippen molar-refractivity contribution in [2.24, 2.45) is 0 Å². The summed E-state index contributed by atoms with van der Waals surface area (Å²) < 4.78 is 6.18. The van der Waals surface area contributed by atoms with Gasteiger partial charge >= 0.3 is 0 Å². The second-order valence-corrected chi connectivity index (χ2v) is 8.61. The van der Waals surface area contributed by atoms with E-state index in [1.54, 1.807) is 0 Å². The maximum absolute atomic E-state index is 6.18. The smallest absolute Gasteiger partial charge is 0.109 e. The summed E-state index contributed by atoms with van der Waals surface area (Å²) in [6, 6.07) is 0.930. The lowest BCUT2D eigenvalue weighted by Crippen LogP contribution is -2.49. The number of hydrogen-bond donors (Lipinski definition) is 1. The molecule has 0 amide bonds. The molecule has 0 saturated carbocycles. The van der Waals surface area contributed by atoms with E-state index in [1.807, 2.05) is 17.5 Å². The van der Waals surface area contributed by atoms with Gasteiger partial charge in [-0.3, -0.25) is 0 Å².